The van der Waals surface area contributed by atoms with Crippen LogP contribution in [0.1, 0.15) is 27.0 Å². The average Bonchev–Trinajstić information content (AvgIpc) is 2.14. The van der Waals surface area contributed by atoms with E-state index in [1.54, 1.807) is 13.8 Å². The van der Waals surface area contributed by atoms with Crippen molar-refractivity contribution in [3.05, 3.63) is 34.4 Å². The topological polar surface area (TPSA) is 74.3 Å². The van der Waals surface area contributed by atoms with E-state index < -0.39 is 25.5 Å². The molecule has 0 saturated heterocycles. The van der Waals surface area contributed by atoms with Gasteiger partial charge in [0.15, 0.2) is 6.16 Å². The molecule has 0 aliphatic rings. The van der Waals surface area contributed by atoms with E-state index in [0.717, 1.165) is 5.56 Å². The minimum absolute atomic E-state index is 0. The van der Waals surface area contributed by atoms with Crippen molar-refractivity contribution in [3.8, 4) is 0 Å². The molecule has 1 atom stereocenters. The Bertz CT molecular complexity index is 488. The number of hydrogen-bond acceptors (Lipinski definition) is 4. The Kier molecular flexibility index (Phi) is 6.93. The molecule has 0 aliphatic heterocycles. The minimum Gasteiger partial charge on any atom is -0.546 e. The van der Waals surface area contributed by atoms with Crippen LogP contribution in [0.5, 0.6) is 0 Å². The molecule has 1 unspecified atom stereocenters. The van der Waals surface area contributed by atoms with Crippen LogP contribution < -0.4 is 34.7 Å². The monoisotopic (exact) mass is 275 g/mol. The maximum atomic E-state index is 11.9. The summed E-state index contributed by atoms with van der Waals surface area (Å²) in [7, 11) is -2.45. The quantitative estimate of drug-likeness (QED) is 0.486. The molecule has 0 fully saturated rings. The molecule has 0 amide bonds. The van der Waals surface area contributed by atoms with Gasteiger partial charge in [-0.3, -0.25) is 0 Å². The summed E-state index contributed by atoms with van der Waals surface area (Å²) in [6.07, 6.45) is -0.721. The van der Waals surface area contributed by atoms with Crippen molar-refractivity contribution < 1.29 is 48.8 Å². The predicted molar refractivity (Wildman–Crippen MR) is 62.5 cm³/mol. The van der Waals surface area contributed by atoms with E-state index in [2.05, 4.69) is 0 Å². The normalized spacial score (nSPS) is 10.5. The fraction of sp³-hybridized carbons (Fsp3) is 0.333. The molecule has 0 aliphatic carbocycles. The number of carboxylic acids is 1. The molecular formula is C12H13NaO4P+. The van der Waals surface area contributed by atoms with Gasteiger partial charge in [-0.15, -0.1) is 0 Å². The number of carboxylic acid groups (broad SMARTS) is 1. The van der Waals surface area contributed by atoms with E-state index in [4.69, 9.17) is 0 Å². The Hall–Kier alpha value is -0.540. The van der Waals surface area contributed by atoms with Crippen LogP contribution in [-0.4, -0.2) is 17.7 Å². The Morgan fingerprint density at radius 2 is 1.61 bits per heavy atom. The van der Waals surface area contributed by atoms with Crippen LogP contribution in [0.4, 0.5) is 0 Å². The molecule has 6 heteroatoms. The fourth-order valence-corrected chi connectivity index (χ4v) is 2.81. The van der Waals surface area contributed by atoms with Gasteiger partial charge < -0.3 is 9.90 Å². The standard InChI is InChI=1S/C12H13O4P.Na/c1-7-4-8(2)11(9(3)5-7)12(15)17(16)6-10(13)14;/h4-5H,6H2,1-3H3;/q;+1. The number of benzene rings is 1. The number of rotatable bonds is 4. The van der Waals surface area contributed by atoms with Crippen LogP contribution in [0.25, 0.3) is 0 Å². The summed E-state index contributed by atoms with van der Waals surface area (Å²) < 4.78 is 11.5. The molecule has 18 heavy (non-hydrogen) atoms. The van der Waals surface area contributed by atoms with E-state index >= 15 is 0 Å². The number of aryl methyl sites for hydroxylation is 3. The summed E-state index contributed by atoms with van der Waals surface area (Å²) in [5.74, 6) is -1.47. The van der Waals surface area contributed by atoms with Crippen molar-refractivity contribution in [2.75, 3.05) is 6.16 Å². The first-order chi connectivity index (χ1) is 7.82. The molecule has 0 aromatic heterocycles. The molecule has 0 heterocycles. The van der Waals surface area contributed by atoms with Crippen molar-refractivity contribution in [3.63, 3.8) is 0 Å². The van der Waals surface area contributed by atoms with Gasteiger partial charge in [-0.25, -0.2) is 4.79 Å². The molecular weight excluding hydrogens is 262 g/mol. The molecule has 0 spiro atoms. The zero-order valence-electron chi connectivity index (χ0n) is 10.9. The van der Waals surface area contributed by atoms with Gasteiger partial charge in [-0.05, 0) is 31.9 Å². The van der Waals surface area contributed by atoms with Crippen molar-refractivity contribution in [1.82, 2.24) is 0 Å². The SMILES string of the molecule is Cc1cc(C)c(C(=O)[P+](=O)CC(=O)[O-])c(C)c1.[Na+]. The van der Waals surface area contributed by atoms with Crippen LogP contribution >= 0.6 is 7.80 Å². The summed E-state index contributed by atoms with van der Waals surface area (Å²) in [5.41, 5.74) is 2.19. The average molecular weight is 275 g/mol. The molecule has 1 rings (SSSR count). The minimum atomic E-state index is -2.45. The van der Waals surface area contributed by atoms with Gasteiger partial charge in [-0.1, -0.05) is 22.3 Å². The van der Waals surface area contributed by atoms with Crippen LogP contribution in [0.3, 0.4) is 0 Å². The second kappa shape index (κ2) is 7.15. The van der Waals surface area contributed by atoms with Gasteiger partial charge >= 0.3 is 42.9 Å². The Labute approximate surface area is 129 Å². The molecule has 1 aromatic carbocycles. The summed E-state index contributed by atoms with van der Waals surface area (Å²) in [6, 6.07) is 3.62. The molecule has 0 radical (unpaired) electrons. The largest absolute Gasteiger partial charge is 1.00 e. The van der Waals surface area contributed by atoms with Gasteiger partial charge in [0.2, 0.25) is 0 Å². The second-order valence-corrected chi connectivity index (χ2v) is 5.47. The zero-order chi connectivity index (χ0) is 13.2. The van der Waals surface area contributed by atoms with E-state index in [0.29, 0.717) is 16.7 Å². The molecule has 90 valence electrons. The van der Waals surface area contributed by atoms with E-state index in [9.17, 15) is 19.3 Å². The predicted octanol–water partition coefficient (Wildman–Crippen LogP) is -1.67. The van der Waals surface area contributed by atoms with Crippen molar-refractivity contribution in [1.29, 1.82) is 0 Å². The van der Waals surface area contributed by atoms with Gasteiger partial charge in [0.05, 0.1) is 11.5 Å². The fourth-order valence-electron chi connectivity index (χ4n) is 1.83. The number of carbonyl (C=O) groups excluding carboxylic acids is 2. The van der Waals surface area contributed by atoms with Crippen molar-refractivity contribution in [2.24, 2.45) is 0 Å². The molecule has 0 bridgehead atoms. The molecule has 1 aromatic rings. The number of carbonyl (C=O) groups is 2. The smallest absolute Gasteiger partial charge is 0.546 e. The van der Waals surface area contributed by atoms with Crippen LogP contribution in [-0.2, 0) is 9.36 Å². The molecule has 4 nitrogen and oxygen atoms in total. The maximum Gasteiger partial charge on any atom is 1.00 e. The Balaban J connectivity index is 0.00000289. The van der Waals surface area contributed by atoms with Gasteiger partial charge in [-0.2, -0.15) is 0 Å². The van der Waals surface area contributed by atoms with Gasteiger partial charge in [0.1, 0.15) is 0 Å². The number of hydrogen-bond donors (Lipinski definition) is 0. The summed E-state index contributed by atoms with van der Waals surface area (Å²) in [6.45, 7) is 5.39. The first-order valence-corrected chi connectivity index (χ1v) is 6.54. The molecule has 0 N–H and O–H groups in total. The van der Waals surface area contributed by atoms with E-state index in [-0.39, 0.29) is 29.6 Å². The van der Waals surface area contributed by atoms with Crippen LogP contribution in [0, 0.1) is 20.8 Å². The van der Waals surface area contributed by atoms with Gasteiger partial charge in [0, 0.05) is 0 Å². The maximum absolute atomic E-state index is 11.9. The zero-order valence-corrected chi connectivity index (χ0v) is 13.8. The Morgan fingerprint density at radius 3 is 2.00 bits per heavy atom. The summed E-state index contributed by atoms with van der Waals surface area (Å²) in [5, 5.41) is 10.3. The second-order valence-electron chi connectivity index (χ2n) is 3.99. The third-order valence-corrected chi connectivity index (χ3v) is 3.61. The number of aliphatic carboxylic acids is 1. The van der Waals surface area contributed by atoms with Crippen molar-refractivity contribution >= 4 is 19.3 Å². The van der Waals surface area contributed by atoms with Crippen molar-refractivity contribution in [2.45, 2.75) is 20.8 Å². The van der Waals surface area contributed by atoms with E-state index in [1.807, 2.05) is 19.1 Å². The first-order valence-electron chi connectivity index (χ1n) is 5.09. The molecule has 0 saturated carbocycles. The van der Waals surface area contributed by atoms with E-state index in [1.165, 1.54) is 0 Å². The van der Waals surface area contributed by atoms with Gasteiger partial charge in [0.25, 0.3) is 0 Å². The van der Waals surface area contributed by atoms with Crippen LogP contribution in [0.2, 0.25) is 0 Å². The third kappa shape index (κ3) is 4.29. The first kappa shape index (κ1) is 17.5. The Morgan fingerprint density at radius 1 is 1.17 bits per heavy atom. The third-order valence-electron chi connectivity index (χ3n) is 2.39. The van der Waals surface area contributed by atoms with Crippen LogP contribution in [0.15, 0.2) is 12.1 Å². The summed E-state index contributed by atoms with van der Waals surface area (Å²) in [4.78, 5) is 22.2. The summed E-state index contributed by atoms with van der Waals surface area (Å²) >= 11 is 0.